The van der Waals surface area contributed by atoms with E-state index < -0.39 is 0 Å². The average Bonchev–Trinajstić information content (AvgIpc) is 2.73. The number of halogens is 1. The van der Waals surface area contributed by atoms with E-state index in [0.717, 1.165) is 18.6 Å². The van der Waals surface area contributed by atoms with Crippen LogP contribution in [-0.4, -0.2) is 34.1 Å². The number of hydrogen-bond acceptors (Lipinski definition) is 3. The lowest BCUT2D eigenvalue weighted by Crippen LogP contribution is -2.32. The van der Waals surface area contributed by atoms with Crippen molar-refractivity contribution in [3.8, 4) is 0 Å². The maximum Gasteiger partial charge on any atom is 0.201 e. The summed E-state index contributed by atoms with van der Waals surface area (Å²) in [6.07, 6.45) is 3.90. The fourth-order valence-corrected chi connectivity index (χ4v) is 2.93. The summed E-state index contributed by atoms with van der Waals surface area (Å²) in [5, 5.41) is 0. The highest BCUT2D eigenvalue weighted by Crippen LogP contribution is 2.21. The molecular formula is C15H21FN4. The minimum Gasteiger partial charge on any atom is -0.369 e. The third kappa shape index (κ3) is 2.50. The molecule has 0 unspecified atom stereocenters. The molecule has 0 saturated carbocycles. The van der Waals surface area contributed by atoms with Crippen LogP contribution in [0.25, 0.3) is 11.0 Å². The highest BCUT2D eigenvalue weighted by molar-refractivity contribution is 5.79. The van der Waals surface area contributed by atoms with Gasteiger partial charge in [-0.1, -0.05) is 6.42 Å². The number of nitrogens with two attached hydrogens (primary N) is 1. The molecule has 0 bridgehead atoms. The van der Waals surface area contributed by atoms with Crippen molar-refractivity contribution in [1.82, 2.24) is 14.5 Å². The first kappa shape index (κ1) is 13.4. The van der Waals surface area contributed by atoms with Gasteiger partial charge in [-0.15, -0.1) is 0 Å². The molecule has 1 saturated heterocycles. The lowest BCUT2D eigenvalue weighted by molar-refractivity contribution is 0.222. The van der Waals surface area contributed by atoms with Crippen LogP contribution in [0, 0.1) is 12.7 Å². The Bertz CT molecular complexity index is 614. The molecule has 2 aromatic rings. The Kier molecular flexibility index (Phi) is 3.61. The summed E-state index contributed by atoms with van der Waals surface area (Å²) in [4.78, 5) is 6.72. The first-order chi connectivity index (χ1) is 9.65. The standard InChI is InChI=1S/C15H21FN4/c1-11-9-14-13(10-12(11)16)18-15(17)20(14)8-7-19-5-3-2-4-6-19/h9-10H,2-8H2,1H3,(H2,17,18). The van der Waals surface area contributed by atoms with Crippen LogP contribution in [0.15, 0.2) is 12.1 Å². The molecule has 20 heavy (non-hydrogen) atoms. The number of aromatic nitrogens is 2. The van der Waals surface area contributed by atoms with Crippen LogP contribution in [0.4, 0.5) is 10.3 Å². The van der Waals surface area contributed by atoms with Gasteiger partial charge in [0.15, 0.2) is 0 Å². The van der Waals surface area contributed by atoms with Gasteiger partial charge in [-0.3, -0.25) is 0 Å². The zero-order valence-electron chi connectivity index (χ0n) is 11.9. The van der Waals surface area contributed by atoms with Crippen molar-refractivity contribution >= 4 is 17.0 Å². The van der Waals surface area contributed by atoms with Gasteiger partial charge in [-0.2, -0.15) is 0 Å². The van der Waals surface area contributed by atoms with Crippen molar-refractivity contribution in [1.29, 1.82) is 0 Å². The van der Waals surface area contributed by atoms with Crippen LogP contribution < -0.4 is 5.73 Å². The van der Waals surface area contributed by atoms with Gasteiger partial charge in [-0.25, -0.2) is 9.37 Å². The van der Waals surface area contributed by atoms with Gasteiger partial charge < -0.3 is 15.2 Å². The van der Waals surface area contributed by atoms with E-state index in [9.17, 15) is 4.39 Å². The number of benzene rings is 1. The summed E-state index contributed by atoms with van der Waals surface area (Å²) in [6.45, 7) is 5.90. The summed E-state index contributed by atoms with van der Waals surface area (Å²) in [5.74, 6) is 0.250. The molecule has 108 valence electrons. The van der Waals surface area contributed by atoms with E-state index in [1.807, 2.05) is 10.6 Å². The Balaban J connectivity index is 1.83. The zero-order chi connectivity index (χ0) is 14.1. The number of nitrogen functional groups attached to an aromatic ring is 1. The number of likely N-dealkylation sites (tertiary alicyclic amines) is 1. The maximum absolute atomic E-state index is 13.6. The van der Waals surface area contributed by atoms with Crippen molar-refractivity contribution in [2.75, 3.05) is 25.4 Å². The highest BCUT2D eigenvalue weighted by atomic mass is 19.1. The molecule has 2 heterocycles. The Morgan fingerprint density at radius 3 is 2.70 bits per heavy atom. The van der Waals surface area contributed by atoms with Crippen molar-refractivity contribution in [2.24, 2.45) is 0 Å². The van der Waals surface area contributed by atoms with Crippen molar-refractivity contribution in [3.63, 3.8) is 0 Å². The molecule has 5 heteroatoms. The zero-order valence-corrected chi connectivity index (χ0v) is 11.9. The average molecular weight is 276 g/mol. The summed E-state index contributed by atoms with van der Waals surface area (Å²) in [5.41, 5.74) is 8.19. The molecule has 0 spiro atoms. The predicted octanol–water partition coefficient (Wildman–Crippen LogP) is 2.55. The summed E-state index contributed by atoms with van der Waals surface area (Å²) >= 11 is 0. The molecule has 1 fully saturated rings. The lowest BCUT2D eigenvalue weighted by Gasteiger charge is -2.26. The largest absolute Gasteiger partial charge is 0.369 e. The molecule has 3 rings (SSSR count). The first-order valence-electron chi connectivity index (χ1n) is 7.29. The van der Waals surface area contributed by atoms with E-state index in [1.54, 1.807) is 6.92 Å². The van der Waals surface area contributed by atoms with Gasteiger partial charge in [0.25, 0.3) is 0 Å². The Morgan fingerprint density at radius 2 is 1.95 bits per heavy atom. The highest BCUT2D eigenvalue weighted by Gasteiger charge is 2.14. The third-order valence-electron chi connectivity index (χ3n) is 4.15. The molecule has 2 N–H and O–H groups in total. The summed E-state index contributed by atoms with van der Waals surface area (Å²) in [6, 6.07) is 3.31. The van der Waals surface area contributed by atoms with E-state index in [4.69, 9.17) is 5.73 Å². The molecule has 1 aromatic carbocycles. The van der Waals surface area contributed by atoms with Gasteiger partial charge in [0.05, 0.1) is 11.0 Å². The third-order valence-corrected chi connectivity index (χ3v) is 4.15. The number of rotatable bonds is 3. The second-order valence-corrected chi connectivity index (χ2v) is 5.61. The number of anilines is 1. The first-order valence-corrected chi connectivity index (χ1v) is 7.29. The SMILES string of the molecule is Cc1cc2c(cc1F)nc(N)n2CCN1CCCCC1. The Morgan fingerprint density at radius 1 is 1.20 bits per heavy atom. The van der Waals surface area contributed by atoms with E-state index in [2.05, 4.69) is 9.88 Å². The number of piperidine rings is 1. The van der Waals surface area contributed by atoms with E-state index >= 15 is 0 Å². The van der Waals surface area contributed by atoms with E-state index in [-0.39, 0.29) is 5.82 Å². The Labute approximate surface area is 118 Å². The molecule has 0 radical (unpaired) electrons. The van der Waals surface area contributed by atoms with Crippen LogP contribution in [0.2, 0.25) is 0 Å². The van der Waals surface area contributed by atoms with Gasteiger partial charge >= 0.3 is 0 Å². The molecule has 1 aromatic heterocycles. The van der Waals surface area contributed by atoms with Crippen LogP contribution in [0.3, 0.4) is 0 Å². The van der Waals surface area contributed by atoms with Gasteiger partial charge in [0, 0.05) is 19.2 Å². The molecule has 0 amide bonds. The molecule has 1 aliphatic rings. The van der Waals surface area contributed by atoms with Crippen molar-refractivity contribution in [2.45, 2.75) is 32.7 Å². The molecule has 4 nitrogen and oxygen atoms in total. The minimum absolute atomic E-state index is 0.224. The fraction of sp³-hybridized carbons (Fsp3) is 0.533. The second kappa shape index (κ2) is 5.40. The fourth-order valence-electron chi connectivity index (χ4n) is 2.93. The number of nitrogens with zero attached hydrogens (tertiary/aromatic N) is 3. The minimum atomic E-state index is -0.224. The molecule has 0 aliphatic carbocycles. The topological polar surface area (TPSA) is 47.1 Å². The number of hydrogen-bond donors (Lipinski definition) is 1. The van der Waals surface area contributed by atoms with Crippen molar-refractivity contribution in [3.05, 3.63) is 23.5 Å². The monoisotopic (exact) mass is 276 g/mol. The van der Waals surface area contributed by atoms with Crippen molar-refractivity contribution < 1.29 is 4.39 Å². The van der Waals surface area contributed by atoms with E-state index in [1.165, 1.54) is 38.4 Å². The van der Waals surface area contributed by atoms with Crippen LogP contribution >= 0.6 is 0 Å². The Hall–Kier alpha value is -1.62. The molecule has 0 atom stereocenters. The smallest absolute Gasteiger partial charge is 0.201 e. The quantitative estimate of drug-likeness (QED) is 0.937. The lowest BCUT2D eigenvalue weighted by atomic mass is 10.1. The summed E-state index contributed by atoms with van der Waals surface area (Å²) in [7, 11) is 0. The van der Waals surface area contributed by atoms with E-state index in [0.29, 0.717) is 17.0 Å². The van der Waals surface area contributed by atoms with Gasteiger partial charge in [0.1, 0.15) is 5.82 Å². The molecular weight excluding hydrogens is 255 g/mol. The van der Waals surface area contributed by atoms with Crippen LogP contribution in [-0.2, 0) is 6.54 Å². The normalized spacial score (nSPS) is 16.9. The number of aryl methyl sites for hydroxylation is 1. The van der Waals surface area contributed by atoms with Gasteiger partial charge in [0.2, 0.25) is 5.95 Å². The molecule has 1 aliphatic heterocycles. The second-order valence-electron chi connectivity index (χ2n) is 5.61. The van der Waals surface area contributed by atoms with Crippen LogP contribution in [0.1, 0.15) is 24.8 Å². The maximum atomic E-state index is 13.6. The summed E-state index contributed by atoms with van der Waals surface area (Å²) < 4.78 is 15.6. The predicted molar refractivity (Wildman–Crippen MR) is 79.1 cm³/mol. The van der Waals surface area contributed by atoms with Gasteiger partial charge in [-0.05, 0) is 44.5 Å². The number of imidazole rings is 1. The number of fused-ring (bicyclic) bond motifs is 1. The van der Waals surface area contributed by atoms with Crippen LogP contribution in [0.5, 0.6) is 0 Å².